The maximum absolute atomic E-state index is 12.5. The van der Waals surface area contributed by atoms with Gasteiger partial charge in [0.25, 0.3) is 5.91 Å². The molecule has 1 saturated carbocycles. The first-order valence-electron chi connectivity index (χ1n) is 8.35. The summed E-state index contributed by atoms with van der Waals surface area (Å²) in [5, 5.41) is 5.49. The minimum Gasteiger partial charge on any atom is -0.362 e. The molecular weight excluding hydrogens is 322 g/mol. The van der Waals surface area contributed by atoms with E-state index < -0.39 is 11.6 Å². The molecule has 0 radical (unpaired) electrons. The van der Waals surface area contributed by atoms with Crippen LogP contribution in [0.15, 0.2) is 18.3 Å². The fourth-order valence-corrected chi connectivity index (χ4v) is 3.16. The van der Waals surface area contributed by atoms with Gasteiger partial charge in [0.05, 0.1) is 0 Å². The predicted octanol–water partition coefficient (Wildman–Crippen LogP) is 0.484. The highest BCUT2D eigenvalue weighted by Crippen LogP contribution is 2.42. The zero-order chi connectivity index (χ0) is 18.2. The molecule has 1 atom stereocenters. The van der Waals surface area contributed by atoms with Crippen LogP contribution in [0.25, 0.3) is 0 Å². The Morgan fingerprint density at radius 2 is 2.16 bits per heavy atom. The van der Waals surface area contributed by atoms with Gasteiger partial charge >= 0.3 is 6.03 Å². The number of urea groups is 1. The number of hydrogen-bond acceptors (Lipinski definition) is 5. The maximum Gasteiger partial charge on any atom is 0.325 e. The van der Waals surface area contributed by atoms with E-state index >= 15 is 0 Å². The molecule has 0 spiro atoms. The fraction of sp³-hybridized carbons (Fsp3) is 0.529. The van der Waals surface area contributed by atoms with Gasteiger partial charge in [0.2, 0.25) is 5.91 Å². The molecule has 25 heavy (non-hydrogen) atoms. The maximum atomic E-state index is 12.5. The molecular formula is C17H23N5O3. The van der Waals surface area contributed by atoms with Crippen LogP contribution < -0.4 is 15.5 Å². The third-order valence-electron chi connectivity index (χ3n) is 4.76. The van der Waals surface area contributed by atoms with E-state index in [1.165, 1.54) is 0 Å². The van der Waals surface area contributed by atoms with Gasteiger partial charge in [-0.1, -0.05) is 6.07 Å². The van der Waals surface area contributed by atoms with Crippen LogP contribution in [0.1, 0.15) is 25.3 Å². The summed E-state index contributed by atoms with van der Waals surface area (Å²) in [6.07, 6.45) is 3.54. The summed E-state index contributed by atoms with van der Waals surface area (Å²) < 4.78 is 0. The number of anilines is 1. The lowest BCUT2D eigenvalue weighted by atomic mass is 9.96. The van der Waals surface area contributed by atoms with E-state index in [9.17, 15) is 14.4 Å². The van der Waals surface area contributed by atoms with Crippen molar-refractivity contribution >= 4 is 23.7 Å². The number of aromatic nitrogens is 1. The van der Waals surface area contributed by atoms with Gasteiger partial charge in [0, 0.05) is 32.4 Å². The zero-order valence-corrected chi connectivity index (χ0v) is 14.7. The van der Waals surface area contributed by atoms with E-state index in [2.05, 4.69) is 15.6 Å². The molecule has 8 nitrogen and oxygen atoms in total. The lowest BCUT2D eigenvalue weighted by molar-refractivity contribution is -0.135. The molecule has 2 aliphatic rings. The quantitative estimate of drug-likeness (QED) is 0.732. The van der Waals surface area contributed by atoms with Crippen LogP contribution in [0.4, 0.5) is 10.6 Å². The molecule has 2 N–H and O–H groups in total. The van der Waals surface area contributed by atoms with Crippen LogP contribution in [-0.2, 0) is 16.1 Å². The summed E-state index contributed by atoms with van der Waals surface area (Å²) in [5.41, 5.74) is -0.000380. The average molecular weight is 345 g/mol. The third kappa shape index (κ3) is 3.29. The minimum absolute atomic E-state index is 0.176. The van der Waals surface area contributed by atoms with E-state index in [1.807, 2.05) is 25.1 Å². The van der Waals surface area contributed by atoms with Gasteiger partial charge in [-0.2, -0.15) is 0 Å². The van der Waals surface area contributed by atoms with Crippen LogP contribution in [0.5, 0.6) is 0 Å². The van der Waals surface area contributed by atoms with Crippen molar-refractivity contribution in [3.8, 4) is 0 Å². The fourth-order valence-electron chi connectivity index (χ4n) is 3.16. The number of imide groups is 1. The largest absolute Gasteiger partial charge is 0.362 e. The molecule has 1 aromatic heterocycles. The number of nitrogens with one attached hydrogen (secondary N) is 2. The number of amides is 4. The molecule has 1 aromatic rings. The lowest BCUT2D eigenvalue weighted by Gasteiger charge is -2.21. The third-order valence-corrected chi connectivity index (χ3v) is 4.76. The summed E-state index contributed by atoms with van der Waals surface area (Å²) in [5.74, 6) is 0.247. The summed E-state index contributed by atoms with van der Waals surface area (Å²) in [4.78, 5) is 44.0. The SMILES string of the molecule is CN(C)c1ncccc1CNC(=O)CN1C(=O)NC(C)(C2CC2)C1=O. The summed E-state index contributed by atoms with van der Waals surface area (Å²) >= 11 is 0. The number of nitrogens with zero attached hydrogens (tertiary/aromatic N) is 3. The molecule has 1 aliphatic carbocycles. The van der Waals surface area contributed by atoms with Crippen molar-refractivity contribution in [2.75, 3.05) is 25.5 Å². The molecule has 2 heterocycles. The summed E-state index contributed by atoms with van der Waals surface area (Å²) in [6.45, 7) is 1.75. The van der Waals surface area contributed by atoms with Crippen molar-refractivity contribution < 1.29 is 14.4 Å². The molecule has 4 amide bonds. The molecule has 8 heteroatoms. The Morgan fingerprint density at radius 1 is 1.44 bits per heavy atom. The minimum atomic E-state index is -0.862. The Hall–Kier alpha value is -2.64. The van der Waals surface area contributed by atoms with Gasteiger partial charge in [0.1, 0.15) is 17.9 Å². The van der Waals surface area contributed by atoms with E-state index in [-0.39, 0.29) is 30.8 Å². The number of pyridine rings is 1. The molecule has 1 saturated heterocycles. The highest BCUT2D eigenvalue weighted by molar-refractivity contribution is 6.09. The first-order chi connectivity index (χ1) is 11.8. The van der Waals surface area contributed by atoms with Gasteiger partial charge < -0.3 is 15.5 Å². The normalized spacial score (nSPS) is 22.8. The Kier molecular flexibility index (Phi) is 4.36. The second kappa shape index (κ2) is 6.34. The van der Waals surface area contributed by atoms with Gasteiger partial charge in [0.15, 0.2) is 0 Å². The van der Waals surface area contributed by atoms with Gasteiger partial charge in [-0.25, -0.2) is 9.78 Å². The molecule has 2 fully saturated rings. The molecule has 1 aliphatic heterocycles. The average Bonchev–Trinajstić information content (AvgIpc) is 3.39. The predicted molar refractivity (Wildman–Crippen MR) is 91.8 cm³/mol. The topological polar surface area (TPSA) is 94.6 Å². The van der Waals surface area contributed by atoms with E-state index in [1.54, 1.807) is 19.2 Å². The van der Waals surface area contributed by atoms with E-state index in [0.29, 0.717) is 0 Å². The number of carbonyl (C=O) groups is 3. The van der Waals surface area contributed by atoms with Crippen molar-refractivity contribution in [3.05, 3.63) is 23.9 Å². The number of rotatable bonds is 6. The van der Waals surface area contributed by atoms with Crippen LogP contribution in [0.2, 0.25) is 0 Å². The van der Waals surface area contributed by atoms with Gasteiger partial charge in [-0.3, -0.25) is 14.5 Å². The Labute approximate surface area is 146 Å². The molecule has 1 unspecified atom stereocenters. The second-order valence-electron chi connectivity index (χ2n) is 6.96. The van der Waals surface area contributed by atoms with Crippen molar-refractivity contribution in [3.63, 3.8) is 0 Å². The van der Waals surface area contributed by atoms with Crippen molar-refractivity contribution in [1.82, 2.24) is 20.5 Å². The van der Waals surface area contributed by atoms with Crippen molar-refractivity contribution in [1.29, 1.82) is 0 Å². The summed E-state index contributed by atoms with van der Waals surface area (Å²) in [7, 11) is 3.75. The first kappa shape index (κ1) is 17.2. The molecule has 0 aromatic carbocycles. The number of hydrogen-bond donors (Lipinski definition) is 2. The Bertz CT molecular complexity index is 716. The van der Waals surface area contributed by atoms with Crippen LogP contribution in [0.3, 0.4) is 0 Å². The molecule has 134 valence electrons. The standard InChI is InChI=1S/C17H23N5O3/c1-17(12-6-7-12)15(24)22(16(25)20-17)10-13(23)19-9-11-5-4-8-18-14(11)21(2)3/h4-5,8,12H,6-7,9-10H2,1-3H3,(H,19,23)(H,20,25). The monoisotopic (exact) mass is 345 g/mol. The van der Waals surface area contributed by atoms with E-state index in [4.69, 9.17) is 0 Å². The first-order valence-corrected chi connectivity index (χ1v) is 8.35. The van der Waals surface area contributed by atoms with Gasteiger partial charge in [-0.15, -0.1) is 0 Å². The smallest absolute Gasteiger partial charge is 0.325 e. The zero-order valence-electron chi connectivity index (χ0n) is 14.7. The number of carbonyl (C=O) groups excluding carboxylic acids is 3. The van der Waals surface area contributed by atoms with E-state index in [0.717, 1.165) is 29.1 Å². The Morgan fingerprint density at radius 3 is 2.80 bits per heavy atom. The van der Waals surface area contributed by atoms with Gasteiger partial charge in [-0.05, 0) is 31.7 Å². The highest BCUT2D eigenvalue weighted by atomic mass is 16.2. The second-order valence-corrected chi connectivity index (χ2v) is 6.96. The lowest BCUT2D eigenvalue weighted by Crippen LogP contribution is -2.47. The Balaban J connectivity index is 1.60. The van der Waals surface area contributed by atoms with Crippen LogP contribution in [-0.4, -0.2) is 53.9 Å². The van der Waals surface area contributed by atoms with Crippen LogP contribution >= 0.6 is 0 Å². The highest BCUT2D eigenvalue weighted by Gasteiger charge is 2.56. The molecule has 0 bridgehead atoms. The van der Waals surface area contributed by atoms with Crippen molar-refractivity contribution in [2.45, 2.75) is 31.8 Å². The summed E-state index contributed by atoms with van der Waals surface area (Å²) in [6, 6.07) is 3.18. The van der Waals surface area contributed by atoms with Crippen LogP contribution in [0, 0.1) is 5.92 Å². The van der Waals surface area contributed by atoms with Crippen molar-refractivity contribution in [2.24, 2.45) is 5.92 Å². The molecule has 3 rings (SSSR count).